The Labute approximate surface area is 167 Å². The quantitative estimate of drug-likeness (QED) is 0.673. The van der Waals surface area contributed by atoms with E-state index in [1.165, 1.54) is 16.7 Å². The van der Waals surface area contributed by atoms with Crippen molar-refractivity contribution in [3.8, 4) is 0 Å². The van der Waals surface area contributed by atoms with Crippen LogP contribution in [0.2, 0.25) is 0 Å². The Balaban J connectivity index is 1.92. The van der Waals surface area contributed by atoms with Crippen LogP contribution in [0.15, 0.2) is 53.3 Å². The van der Waals surface area contributed by atoms with Crippen LogP contribution in [-0.2, 0) is 11.3 Å². The highest BCUT2D eigenvalue weighted by Crippen LogP contribution is 2.18. The van der Waals surface area contributed by atoms with Gasteiger partial charge in [-0.15, -0.1) is 0 Å². The van der Waals surface area contributed by atoms with E-state index in [-0.39, 0.29) is 18.0 Å². The van der Waals surface area contributed by atoms with Gasteiger partial charge in [-0.25, -0.2) is 4.39 Å². The molecule has 1 aromatic heterocycles. The number of hydrogen-bond donors (Lipinski definition) is 2. The molecule has 0 aliphatic heterocycles. The highest BCUT2D eigenvalue weighted by atomic mass is 19.1. The van der Waals surface area contributed by atoms with E-state index in [4.69, 9.17) is 0 Å². The number of fused-ring (bicyclic) bond motifs is 1. The van der Waals surface area contributed by atoms with E-state index in [0.717, 1.165) is 6.42 Å². The Bertz CT molecular complexity index is 1140. The summed E-state index contributed by atoms with van der Waals surface area (Å²) in [5.74, 6) is -1.22. The predicted molar refractivity (Wildman–Crippen MR) is 111 cm³/mol. The average molecular weight is 395 g/mol. The summed E-state index contributed by atoms with van der Waals surface area (Å²) in [5.41, 5.74) is 1.08. The minimum atomic E-state index is -0.469. The summed E-state index contributed by atoms with van der Waals surface area (Å²) >= 11 is 0. The van der Waals surface area contributed by atoms with Gasteiger partial charge in [-0.1, -0.05) is 31.2 Å². The Hall–Kier alpha value is -3.48. The van der Waals surface area contributed by atoms with Crippen molar-refractivity contribution in [2.45, 2.75) is 26.8 Å². The predicted octanol–water partition coefficient (Wildman–Crippen LogP) is 3.23. The second-order valence-electron chi connectivity index (χ2n) is 6.77. The summed E-state index contributed by atoms with van der Waals surface area (Å²) in [4.78, 5) is 37.6. The molecule has 1 heterocycles. The largest absolute Gasteiger partial charge is 0.352 e. The number of carbonyl (C=O) groups is 2. The van der Waals surface area contributed by atoms with Gasteiger partial charge in [-0.2, -0.15) is 0 Å². The third-order valence-electron chi connectivity index (χ3n) is 4.56. The molecule has 6 nitrogen and oxygen atoms in total. The van der Waals surface area contributed by atoms with Crippen LogP contribution in [0.5, 0.6) is 0 Å². The van der Waals surface area contributed by atoms with E-state index < -0.39 is 17.3 Å². The van der Waals surface area contributed by atoms with Crippen molar-refractivity contribution in [2.75, 3.05) is 11.9 Å². The number of aromatic nitrogens is 1. The molecule has 2 N–H and O–H groups in total. The highest BCUT2D eigenvalue weighted by Gasteiger charge is 2.16. The Morgan fingerprint density at radius 1 is 1.10 bits per heavy atom. The van der Waals surface area contributed by atoms with Crippen LogP contribution in [0.4, 0.5) is 10.1 Å². The number of carbonyl (C=O) groups excluding carboxylic acids is 2. The SMILES string of the molecule is CCCNC(=O)c1cc(=O)n(CC(=O)Nc2ccc(C)c(F)c2)c2ccccc12. The number of anilines is 1. The molecule has 3 aromatic rings. The third-order valence-corrected chi connectivity index (χ3v) is 4.56. The van der Waals surface area contributed by atoms with Crippen molar-refractivity contribution >= 4 is 28.4 Å². The number of benzene rings is 2. The van der Waals surface area contributed by atoms with Crippen molar-refractivity contribution in [2.24, 2.45) is 0 Å². The fourth-order valence-electron chi connectivity index (χ4n) is 3.03. The van der Waals surface area contributed by atoms with Gasteiger partial charge in [-0.05, 0) is 37.1 Å². The first-order valence-corrected chi connectivity index (χ1v) is 9.37. The standard InChI is InChI=1S/C22H22FN3O3/c1-3-10-24-22(29)17-12-21(28)26(19-7-5-4-6-16(17)19)13-20(27)25-15-9-8-14(2)18(23)11-15/h4-9,11-12H,3,10,13H2,1-2H3,(H,24,29)(H,25,27). The minimum Gasteiger partial charge on any atom is -0.352 e. The van der Waals surface area contributed by atoms with E-state index in [0.29, 0.717) is 28.7 Å². The molecule has 2 amide bonds. The molecule has 150 valence electrons. The van der Waals surface area contributed by atoms with Gasteiger partial charge >= 0.3 is 0 Å². The normalized spacial score (nSPS) is 10.7. The van der Waals surface area contributed by atoms with Gasteiger partial charge in [0.15, 0.2) is 0 Å². The first-order valence-electron chi connectivity index (χ1n) is 9.37. The molecule has 29 heavy (non-hydrogen) atoms. The molecule has 0 aliphatic rings. The fraction of sp³-hybridized carbons (Fsp3) is 0.227. The fourth-order valence-corrected chi connectivity index (χ4v) is 3.03. The van der Waals surface area contributed by atoms with Gasteiger partial charge in [0.1, 0.15) is 12.4 Å². The number of pyridine rings is 1. The van der Waals surface area contributed by atoms with Crippen LogP contribution in [-0.4, -0.2) is 22.9 Å². The molecule has 0 unspecified atom stereocenters. The maximum Gasteiger partial charge on any atom is 0.252 e. The zero-order valence-electron chi connectivity index (χ0n) is 16.3. The summed E-state index contributed by atoms with van der Waals surface area (Å²) in [6.45, 7) is 3.82. The minimum absolute atomic E-state index is 0.258. The number of nitrogens with one attached hydrogen (secondary N) is 2. The number of halogens is 1. The zero-order valence-corrected chi connectivity index (χ0v) is 16.3. The molecule has 0 saturated heterocycles. The molecule has 0 radical (unpaired) electrons. The van der Waals surface area contributed by atoms with Crippen LogP contribution in [0.1, 0.15) is 29.3 Å². The third kappa shape index (κ3) is 4.51. The van der Waals surface area contributed by atoms with Gasteiger partial charge < -0.3 is 10.6 Å². The lowest BCUT2D eigenvalue weighted by molar-refractivity contribution is -0.116. The molecule has 0 atom stereocenters. The number of rotatable bonds is 6. The first kappa shape index (κ1) is 20.3. The van der Waals surface area contributed by atoms with E-state index in [1.807, 2.05) is 6.92 Å². The average Bonchev–Trinajstić information content (AvgIpc) is 2.70. The van der Waals surface area contributed by atoms with Crippen LogP contribution in [0.25, 0.3) is 10.9 Å². The monoisotopic (exact) mass is 395 g/mol. The van der Waals surface area contributed by atoms with Crippen molar-refractivity contribution in [1.29, 1.82) is 0 Å². The molecule has 0 bridgehead atoms. The molecule has 0 aliphatic carbocycles. The van der Waals surface area contributed by atoms with Gasteiger partial charge in [0, 0.05) is 23.7 Å². The zero-order chi connectivity index (χ0) is 21.0. The first-order chi connectivity index (χ1) is 13.9. The molecule has 2 aromatic carbocycles. The number of amides is 2. The lowest BCUT2D eigenvalue weighted by atomic mass is 10.1. The van der Waals surface area contributed by atoms with E-state index in [9.17, 15) is 18.8 Å². The number of hydrogen-bond acceptors (Lipinski definition) is 3. The molecule has 7 heteroatoms. The Kier molecular flexibility index (Phi) is 6.07. The van der Waals surface area contributed by atoms with E-state index >= 15 is 0 Å². The van der Waals surface area contributed by atoms with Crippen molar-refractivity contribution < 1.29 is 14.0 Å². The van der Waals surface area contributed by atoms with Gasteiger partial charge in [-0.3, -0.25) is 19.0 Å². The lowest BCUT2D eigenvalue weighted by Crippen LogP contribution is -2.31. The Morgan fingerprint density at radius 3 is 2.59 bits per heavy atom. The summed E-state index contributed by atoms with van der Waals surface area (Å²) in [6, 6.07) is 12.6. The van der Waals surface area contributed by atoms with E-state index in [2.05, 4.69) is 10.6 Å². The topological polar surface area (TPSA) is 80.2 Å². The molecular formula is C22H22FN3O3. The number of para-hydroxylation sites is 1. The maximum absolute atomic E-state index is 13.7. The van der Waals surface area contributed by atoms with Crippen LogP contribution in [0.3, 0.4) is 0 Å². The maximum atomic E-state index is 13.7. The molecule has 0 fully saturated rings. The van der Waals surface area contributed by atoms with Crippen LogP contribution < -0.4 is 16.2 Å². The van der Waals surface area contributed by atoms with Crippen LogP contribution in [0, 0.1) is 12.7 Å². The Morgan fingerprint density at radius 2 is 1.86 bits per heavy atom. The van der Waals surface area contributed by atoms with Crippen molar-refractivity contribution in [1.82, 2.24) is 9.88 Å². The number of nitrogens with zero attached hydrogens (tertiary/aromatic N) is 1. The van der Waals surface area contributed by atoms with Gasteiger partial charge in [0.2, 0.25) is 5.91 Å². The second kappa shape index (κ2) is 8.68. The highest BCUT2D eigenvalue weighted by molar-refractivity contribution is 6.06. The van der Waals surface area contributed by atoms with Gasteiger partial charge in [0.25, 0.3) is 11.5 Å². The number of aryl methyl sites for hydroxylation is 1. The van der Waals surface area contributed by atoms with E-state index in [1.54, 1.807) is 43.3 Å². The summed E-state index contributed by atoms with van der Waals surface area (Å²) in [5, 5.41) is 5.95. The molecule has 0 saturated carbocycles. The smallest absolute Gasteiger partial charge is 0.252 e. The molecule has 0 spiro atoms. The second-order valence-corrected chi connectivity index (χ2v) is 6.77. The lowest BCUT2D eigenvalue weighted by Gasteiger charge is -2.14. The van der Waals surface area contributed by atoms with Crippen molar-refractivity contribution in [3.63, 3.8) is 0 Å². The van der Waals surface area contributed by atoms with Crippen LogP contribution >= 0.6 is 0 Å². The van der Waals surface area contributed by atoms with Crippen molar-refractivity contribution in [3.05, 3.63) is 75.8 Å². The van der Waals surface area contributed by atoms with Gasteiger partial charge in [0.05, 0.1) is 11.1 Å². The summed E-state index contributed by atoms with van der Waals surface area (Å²) in [6.07, 6.45) is 0.778. The summed E-state index contributed by atoms with van der Waals surface area (Å²) in [7, 11) is 0. The molecular weight excluding hydrogens is 373 g/mol. The molecule has 3 rings (SSSR count). The summed E-state index contributed by atoms with van der Waals surface area (Å²) < 4.78 is 15.0.